The van der Waals surface area contributed by atoms with Crippen LogP contribution in [0.3, 0.4) is 0 Å². The van der Waals surface area contributed by atoms with Crippen molar-refractivity contribution >= 4 is 34.6 Å². The Hall–Kier alpha value is -3.39. The van der Waals surface area contributed by atoms with Crippen LogP contribution in [0, 0.1) is 12.8 Å². The van der Waals surface area contributed by atoms with E-state index in [2.05, 4.69) is 15.6 Å². The van der Waals surface area contributed by atoms with E-state index in [0.717, 1.165) is 29.8 Å². The first-order chi connectivity index (χ1) is 15.6. The number of nitrogens with zero attached hydrogens (tertiary/aromatic N) is 2. The number of ether oxygens (including phenoxy) is 1. The SMILES string of the molecule is Cc1cccc(NC(=O)N2CCCC(C(=O)Nc3ccccc3OCc3cscn3)C2)c1. The average molecular weight is 451 g/mol. The van der Waals surface area contributed by atoms with Crippen LogP contribution in [0.1, 0.15) is 24.1 Å². The van der Waals surface area contributed by atoms with Crippen molar-refractivity contribution < 1.29 is 14.3 Å². The largest absolute Gasteiger partial charge is 0.485 e. The molecule has 1 aliphatic rings. The predicted molar refractivity (Wildman–Crippen MR) is 126 cm³/mol. The van der Waals surface area contributed by atoms with Crippen LogP contribution in [0.5, 0.6) is 5.75 Å². The normalized spacial score (nSPS) is 15.8. The number of nitrogens with one attached hydrogen (secondary N) is 2. The maximum absolute atomic E-state index is 13.0. The van der Waals surface area contributed by atoms with Gasteiger partial charge in [-0.3, -0.25) is 4.79 Å². The zero-order valence-corrected chi connectivity index (χ0v) is 18.7. The van der Waals surface area contributed by atoms with Crippen LogP contribution in [0.4, 0.5) is 16.2 Å². The second-order valence-corrected chi connectivity index (χ2v) is 8.56. The molecule has 0 radical (unpaired) electrons. The Kier molecular flexibility index (Phi) is 7.01. The standard InChI is InChI=1S/C24H26N4O3S/c1-17-6-4-8-19(12-17)26-24(30)28-11-5-7-18(13-28)23(29)27-21-9-2-3-10-22(21)31-14-20-15-32-16-25-20/h2-4,6,8-10,12,15-16,18H,5,7,11,13-14H2,1H3,(H,26,30)(H,27,29). The molecule has 0 saturated carbocycles. The number of para-hydroxylation sites is 2. The summed E-state index contributed by atoms with van der Waals surface area (Å²) >= 11 is 1.51. The number of likely N-dealkylation sites (tertiary alicyclic amines) is 1. The number of aromatic nitrogens is 1. The molecule has 3 amide bonds. The van der Waals surface area contributed by atoms with Crippen LogP contribution in [-0.4, -0.2) is 34.9 Å². The lowest BCUT2D eigenvalue weighted by molar-refractivity contribution is -0.121. The number of thiazole rings is 1. The molecular weight excluding hydrogens is 424 g/mol. The van der Waals surface area contributed by atoms with Crippen molar-refractivity contribution in [2.75, 3.05) is 23.7 Å². The number of carbonyl (C=O) groups excluding carboxylic acids is 2. The van der Waals surface area contributed by atoms with E-state index in [1.54, 1.807) is 10.4 Å². The molecule has 2 aromatic carbocycles. The van der Waals surface area contributed by atoms with Crippen molar-refractivity contribution in [1.82, 2.24) is 9.88 Å². The van der Waals surface area contributed by atoms with E-state index in [-0.39, 0.29) is 17.9 Å². The molecule has 1 saturated heterocycles. The Morgan fingerprint density at radius 1 is 1.19 bits per heavy atom. The summed E-state index contributed by atoms with van der Waals surface area (Å²) in [6, 6.07) is 14.9. The molecule has 0 bridgehead atoms. The summed E-state index contributed by atoms with van der Waals surface area (Å²) in [5.74, 6) is 0.208. The second-order valence-electron chi connectivity index (χ2n) is 7.84. The van der Waals surface area contributed by atoms with Gasteiger partial charge in [-0.1, -0.05) is 24.3 Å². The van der Waals surface area contributed by atoms with Crippen LogP contribution in [0.25, 0.3) is 0 Å². The van der Waals surface area contributed by atoms with Gasteiger partial charge in [0, 0.05) is 24.2 Å². The minimum Gasteiger partial charge on any atom is -0.485 e. The first-order valence-corrected chi connectivity index (χ1v) is 11.5. The highest BCUT2D eigenvalue weighted by molar-refractivity contribution is 7.07. The number of benzene rings is 2. The summed E-state index contributed by atoms with van der Waals surface area (Å²) in [5, 5.41) is 7.85. The number of carbonyl (C=O) groups is 2. The number of aryl methyl sites for hydroxylation is 1. The maximum Gasteiger partial charge on any atom is 0.321 e. The zero-order valence-electron chi connectivity index (χ0n) is 17.9. The summed E-state index contributed by atoms with van der Waals surface area (Å²) in [5.41, 5.74) is 5.06. The first kappa shape index (κ1) is 21.8. The molecule has 1 aliphatic heterocycles. The summed E-state index contributed by atoms with van der Waals surface area (Å²) < 4.78 is 5.86. The van der Waals surface area contributed by atoms with Gasteiger partial charge in [-0.05, 0) is 49.6 Å². The minimum absolute atomic E-state index is 0.109. The van der Waals surface area contributed by atoms with Crippen molar-refractivity contribution in [3.63, 3.8) is 0 Å². The van der Waals surface area contributed by atoms with E-state index in [4.69, 9.17) is 4.74 Å². The lowest BCUT2D eigenvalue weighted by atomic mass is 9.97. The fraction of sp³-hybridized carbons (Fsp3) is 0.292. The van der Waals surface area contributed by atoms with Gasteiger partial charge < -0.3 is 20.3 Å². The molecule has 1 atom stereocenters. The number of piperidine rings is 1. The van der Waals surface area contributed by atoms with Gasteiger partial charge in [-0.2, -0.15) is 0 Å². The lowest BCUT2D eigenvalue weighted by Crippen LogP contribution is -2.45. The molecule has 2 N–H and O–H groups in total. The van der Waals surface area contributed by atoms with Crippen LogP contribution >= 0.6 is 11.3 Å². The Bertz CT molecular complexity index is 1070. The van der Waals surface area contributed by atoms with Gasteiger partial charge in [0.05, 0.1) is 22.8 Å². The number of anilines is 2. The number of urea groups is 1. The highest BCUT2D eigenvalue weighted by atomic mass is 32.1. The molecule has 2 heterocycles. The van der Waals surface area contributed by atoms with Crippen molar-refractivity contribution in [2.45, 2.75) is 26.4 Å². The number of rotatable bonds is 6. The van der Waals surface area contributed by atoms with Crippen molar-refractivity contribution in [2.24, 2.45) is 5.92 Å². The van der Waals surface area contributed by atoms with Crippen molar-refractivity contribution in [1.29, 1.82) is 0 Å². The first-order valence-electron chi connectivity index (χ1n) is 10.6. The molecule has 7 nitrogen and oxygen atoms in total. The summed E-state index contributed by atoms with van der Waals surface area (Å²) in [6.45, 7) is 3.34. The highest BCUT2D eigenvalue weighted by Gasteiger charge is 2.29. The monoisotopic (exact) mass is 450 g/mol. The molecule has 0 aliphatic carbocycles. The second kappa shape index (κ2) is 10.3. The smallest absolute Gasteiger partial charge is 0.321 e. The predicted octanol–water partition coefficient (Wildman–Crippen LogP) is 4.91. The third-order valence-electron chi connectivity index (χ3n) is 5.35. The molecule has 1 fully saturated rings. The van der Waals surface area contributed by atoms with Crippen molar-refractivity contribution in [3.8, 4) is 5.75 Å². The fourth-order valence-electron chi connectivity index (χ4n) is 3.69. The van der Waals surface area contributed by atoms with E-state index < -0.39 is 0 Å². The molecule has 1 unspecified atom stereocenters. The van der Waals surface area contributed by atoms with E-state index in [1.807, 2.05) is 60.8 Å². The van der Waals surface area contributed by atoms with E-state index in [9.17, 15) is 9.59 Å². The number of amides is 3. The Morgan fingerprint density at radius 2 is 2.06 bits per heavy atom. The van der Waals surface area contributed by atoms with Gasteiger partial charge in [-0.25, -0.2) is 9.78 Å². The van der Waals surface area contributed by atoms with Gasteiger partial charge in [0.2, 0.25) is 5.91 Å². The van der Waals surface area contributed by atoms with Crippen LogP contribution in [0.2, 0.25) is 0 Å². The minimum atomic E-state index is -0.279. The number of hydrogen-bond donors (Lipinski definition) is 2. The molecule has 8 heteroatoms. The quantitative estimate of drug-likeness (QED) is 0.559. The number of hydrogen-bond acceptors (Lipinski definition) is 5. The lowest BCUT2D eigenvalue weighted by Gasteiger charge is -2.32. The van der Waals surface area contributed by atoms with Crippen LogP contribution in [0.15, 0.2) is 59.4 Å². The Morgan fingerprint density at radius 3 is 2.88 bits per heavy atom. The van der Waals surface area contributed by atoms with Gasteiger partial charge in [-0.15, -0.1) is 11.3 Å². The van der Waals surface area contributed by atoms with Crippen molar-refractivity contribution in [3.05, 3.63) is 70.7 Å². The van der Waals surface area contributed by atoms with Crippen LogP contribution in [-0.2, 0) is 11.4 Å². The molecule has 3 aromatic rings. The average Bonchev–Trinajstić information content (AvgIpc) is 3.32. The zero-order chi connectivity index (χ0) is 22.3. The molecule has 32 heavy (non-hydrogen) atoms. The van der Waals surface area contributed by atoms with Gasteiger partial charge in [0.25, 0.3) is 0 Å². The molecule has 4 rings (SSSR count). The third-order valence-corrected chi connectivity index (χ3v) is 5.99. The fourth-order valence-corrected chi connectivity index (χ4v) is 4.24. The van der Waals surface area contributed by atoms with Crippen LogP contribution < -0.4 is 15.4 Å². The molecule has 0 spiro atoms. The van der Waals surface area contributed by atoms with Gasteiger partial charge >= 0.3 is 6.03 Å². The van der Waals surface area contributed by atoms with Gasteiger partial charge in [0.1, 0.15) is 12.4 Å². The summed E-state index contributed by atoms with van der Waals surface area (Å²) in [7, 11) is 0. The Labute approximate surface area is 191 Å². The molecular formula is C24H26N4O3S. The summed E-state index contributed by atoms with van der Waals surface area (Å²) in [4.78, 5) is 31.6. The molecule has 166 valence electrons. The molecule has 1 aromatic heterocycles. The highest BCUT2D eigenvalue weighted by Crippen LogP contribution is 2.27. The van der Waals surface area contributed by atoms with Gasteiger partial charge in [0.15, 0.2) is 0 Å². The van der Waals surface area contributed by atoms with E-state index in [0.29, 0.717) is 31.1 Å². The Balaban J connectivity index is 1.36. The maximum atomic E-state index is 13.0. The van der Waals surface area contributed by atoms with E-state index >= 15 is 0 Å². The summed E-state index contributed by atoms with van der Waals surface area (Å²) in [6.07, 6.45) is 1.52. The topological polar surface area (TPSA) is 83.6 Å². The van der Waals surface area contributed by atoms with E-state index in [1.165, 1.54) is 11.3 Å². The third kappa shape index (κ3) is 5.64.